The summed E-state index contributed by atoms with van der Waals surface area (Å²) in [5.74, 6) is -0.757. The zero-order valence-electron chi connectivity index (χ0n) is 9.08. The van der Waals surface area contributed by atoms with Gasteiger partial charge >= 0.3 is 0 Å². The molecule has 1 aliphatic rings. The van der Waals surface area contributed by atoms with Gasteiger partial charge in [0.15, 0.2) is 0 Å². The zero-order valence-corrected chi connectivity index (χ0v) is 9.08. The highest BCUT2D eigenvalue weighted by molar-refractivity contribution is 5.92. The Balaban J connectivity index is 2.73. The van der Waals surface area contributed by atoms with E-state index in [2.05, 4.69) is 5.32 Å². The number of amides is 2. The lowest BCUT2D eigenvalue weighted by Crippen LogP contribution is -2.60. The van der Waals surface area contributed by atoms with Crippen LogP contribution in [0.1, 0.15) is 39.0 Å². The van der Waals surface area contributed by atoms with Crippen LogP contribution in [-0.4, -0.2) is 23.4 Å². The predicted molar refractivity (Wildman–Crippen MR) is 56.8 cm³/mol. The van der Waals surface area contributed by atoms with Gasteiger partial charge in [0.05, 0.1) is 6.04 Å². The topological polar surface area (TPSA) is 98.2 Å². The van der Waals surface area contributed by atoms with E-state index in [-0.39, 0.29) is 5.91 Å². The SMILES string of the molecule is C[C@H](N)C(=O)NC1(C(N)=O)CCCCC1. The minimum absolute atomic E-state index is 0.310. The third kappa shape index (κ3) is 2.68. The maximum absolute atomic E-state index is 11.5. The van der Waals surface area contributed by atoms with Crippen LogP contribution in [0.3, 0.4) is 0 Å². The van der Waals surface area contributed by atoms with Gasteiger partial charge in [-0.15, -0.1) is 0 Å². The minimum Gasteiger partial charge on any atom is -0.368 e. The molecule has 0 saturated heterocycles. The number of nitrogens with one attached hydrogen (secondary N) is 1. The fraction of sp³-hybridized carbons (Fsp3) is 0.800. The maximum atomic E-state index is 11.5. The van der Waals surface area contributed by atoms with Crippen LogP contribution in [0.15, 0.2) is 0 Å². The molecule has 5 nitrogen and oxygen atoms in total. The van der Waals surface area contributed by atoms with Crippen LogP contribution in [0, 0.1) is 0 Å². The van der Waals surface area contributed by atoms with E-state index in [1.165, 1.54) is 0 Å². The Morgan fingerprint density at radius 3 is 2.20 bits per heavy atom. The van der Waals surface area contributed by atoms with E-state index in [4.69, 9.17) is 11.5 Å². The first-order valence-corrected chi connectivity index (χ1v) is 5.35. The zero-order chi connectivity index (χ0) is 11.5. The van der Waals surface area contributed by atoms with Gasteiger partial charge < -0.3 is 16.8 Å². The summed E-state index contributed by atoms with van der Waals surface area (Å²) in [6, 6.07) is -0.608. The van der Waals surface area contributed by atoms with Crippen LogP contribution in [0.5, 0.6) is 0 Å². The van der Waals surface area contributed by atoms with Gasteiger partial charge in [-0.3, -0.25) is 9.59 Å². The molecule has 1 saturated carbocycles. The normalized spacial score (nSPS) is 21.7. The highest BCUT2D eigenvalue weighted by atomic mass is 16.2. The molecule has 2 amide bonds. The summed E-state index contributed by atoms with van der Waals surface area (Å²) in [5.41, 5.74) is 9.95. The molecule has 1 atom stereocenters. The predicted octanol–water partition coefficient (Wildman–Crippen LogP) is -0.362. The molecule has 0 bridgehead atoms. The highest BCUT2D eigenvalue weighted by Gasteiger charge is 2.39. The van der Waals surface area contributed by atoms with E-state index in [9.17, 15) is 9.59 Å². The summed E-state index contributed by atoms with van der Waals surface area (Å²) in [6.45, 7) is 1.59. The van der Waals surface area contributed by atoms with E-state index in [0.29, 0.717) is 12.8 Å². The quantitative estimate of drug-likeness (QED) is 0.597. The summed E-state index contributed by atoms with van der Waals surface area (Å²) in [6.07, 6.45) is 4.18. The first-order chi connectivity index (χ1) is 6.98. The fourth-order valence-electron chi connectivity index (χ4n) is 1.94. The van der Waals surface area contributed by atoms with E-state index in [1.54, 1.807) is 6.92 Å². The average molecular weight is 213 g/mol. The van der Waals surface area contributed by atoms with Gasteiger partial charge in [-0.25, -0.2) is 0 Å². The second kappa shape index (κ2) is 4.61. The number of rotatable bonds is 3. The molecule has 1 fully saturated rings. The summed E-state index contributed by atoms with van der Waals surface area (Å²) < 4.78 is 0. The molecule has 5 heteroatoms. The molecule has 0 radical (unpaired) electrons. The van der Waals surface area contributed by atoms with Crippen LogP contribution in [0.25, 0.3) is 0 Å². The second-order valence-corrected chi connectivity index (χ2v) is 4.28. The van der Waals surface area contributed by atoms with E-state index >= 15 is 0 Å². The Morgan fingerprint density at radius 2 is 1.80 bits per heavy atom. The smallest absolute Gasteiger partial charge is 0.243 e. The molecular formula is C10H19N3O2. The molecule has 0 heterocycles. The van der Waals surface area contributed by atoms with Crippen molar-refractivity contribution in [3.05, 3.63) is 0 Å². The number of carbonyl (C=O) groups excluding carboxylic acids is 2. The average Bonchev–Trinajstić information content (AvgIpc) is 2.18. The van der Waals surface area contributed by atoms with Crippen molar-refractivity contribution < 1.29 is 9.59 Å². The summed E-state index contributed by atoms with van der Waals surface area (Å²) in [7, 11) is 0. The van der Waals surface area contributed by atoms with E-state index in [0.717, 1.165) is 19.3 Å². The second-order valence-electron chi connectivity index (χ2n) is 4.28. The lowest BCUT2D eigenvalue weighted by atomic mass is 9.81. The molecule has 5 N–H and O–H groups in total. The lowest BCUT2D eigenvalue weighted by molar-refractivity contribution is -0.133. The van der Waals surface area contributed by atoms with Crippen molar-refractivity contribution in [3.8, 4) is 0 Å². The lowest BCUT2D eigenvalue weighted by Gasteiger charge is -2.35. The van der Waals surface area contributed by atoms with Crippen LogP contribution in [-0.2, 0) is 9.59 Å². The van der Waals surface area contributed by atoms with Gasteiger partial charge in [-0.05, 0) is 19.8 Å². The van der Waals surface area contributed by atoms with Crippen molar-refractivity contribution >= 4 is 11.8 Å². The minimum atomic E-state index is -0.858. The molecule has 1 aliphatic carbocycles. The number of primary amides is 1. The molecule has 1 rings (SSSR count). The number of hydrogen-bond donors (Lipinski definition) is 3. The Bertz CT molecular complexity index is 257. The molecule has 15 heavy (non-hydrogen) atoms. The monoisotopic (exact) mass is 213 g/mol. The molecule has 0 spiro atoms. The number of carbonyl (C=O) groups is 2. The first kappa shape index (κ1) is 12.0. The van der Waals surface area contributed by atoms with Gasteiger partial charge in [-0.2, -0.15) is 0 Å². The first-order valence-electron chi connectivity index (χ1n) is 5.35. The van der Waals surface area contributed by atoms with Gasteiger partial charge in [0.1, 0.15) is 5.54 Å². The van der Waals surface area contributed by atoms with Gasteiger partial charge in [0.25, 0.3) is 0 Å². The molecule has 0 unspecified atom stereocenters. The van der Waals surface area contributed by atoms with Crippen molar-refractivity contribution in [2.24, 2.45) is 11.5 Å². The third-order valence-electron chi connectivity index (χ3n) is 2.95. The van der Waals surface area contributed by atoms with Crippen molar-refractivity contribution in [1.29, 1.82) is 0 Å². The molecule has 86 valence electrons. The summed E-state index contributed by atoms with van der Waals surface area (Å²) in [5, 5.41) is 2.69. The molecular weight excluding hydrogens is 194 g/mol. The molecule has 0 aliphatic heterocycles. The molecule has 0 aromatic heterocycles. The van der Waals surface area contributed by atoms with Gasteiger partial charge in [-0.1, -0.05) is 19.3 Å². The van der Waals surface area contributed by atoms with Gasteiger partial charge in [0, 0.05) is 0 Å². The van der Waals surface area contributed by atoms with Crippen LogP contribution in [0.2, 0.25) is 0 Å². The van der Waals surface area contributed by atoms with E-state index < -0.39 is 17.5 Å². The Kier molecular flexibility index (Phi) is 3.68. The van der Waals surface area contributed by atoms with Crippen LogP contribution in [0.4, 0.5) is 0 Å². The largest absolute Gasteiger partial charge is 0.368 e. The summed E-state index contributed by atoms with van der Waals surface area (Å²) in [4.78, 5) is 22.9. The van der Waals surface area contributed by atoms with Crippen molar-refractivity contribution in [2.75, 3.05) is 0 Å². The fourth-order valence-corrected chi connectivity index (χ4v) is 1.94. The Labute approximate surface area is 89.6 Å². The number of nitrogens with two attached hydrogens (primary N) is 2. The molecule has 0 aromatic carbocycles. The summed E-state index contributed by atoms with van der Waals surface area (Å²) >= 11 is 0. The van der Waals surface area contributed by atoms with Crippen molar-refractivity contribution in [3.63, 3.8) is 0 Å². The molecule has 0 aromatic rings. The highest BCUT2D eigenvalue weighted by Crippen LogP contribution is 2.27. The van der Waals surface area contributed by atoms with Crippen LogP contribution < -0.4 is 16.8 Å². The van der Waals surface area contributed by atoms with Crippen LogP contribution >= 0.6 is 0 Å². The van der Waals surface area contributed by atoms with Gasteiger partial charge in [0.2, 0.25) is 11.8 Å². The maximum Gasteiger partial charge on any atom is 0.243 e. The Morgan fingerprint density at radius 1 is 1.27 bits per heavy atom. The third-order valence-corrected chi connectivity index (χ3v) is 2.95. The van der Waals surface area contributed by atoms with Crippen molar-refractivity contribution in [2.45, 2.75) is 50.6 Å². The standard InChI is InChI=1S/C10H19N3O2/c1-7(11)8(14)13-10(9(12)15)5-3-2-4-6-10/h7H,2-6,11H2,1H3,(H2,12,15)(H,13,14)/t7-/m0/s1. The van der Waals surface area contributed by atoms with Crippen molar-refractivity contribution in [1.82, 2.24) is 5.32 Å². The van der Waals surface area contributed by atoms with E-state index in [1.807, 2.05) is 0 Å². The Hall–Kier alpha value is -1.10. The number of hydrogen-bond acceptors (Lipinski definition) is 3.